The van der Waals surface area contributed by atoms with Crippen LogP contribution in [0.1, 0.15) is 5.56 Å². The number of pyridine rings is 1. The summed E-state index contributed by atoms with van der Waals surface area (Å²) in [5.41, 5.74) is 7.76. The Bertz CT molecular complexity index is 579. The molecule has 0 atom stereocenters. The van der Waals surface area contributed by atoms with Gasteiger partial charge < -0.3 is 10.8 Å². The minimum atomic E-state index is -0.153. The van der Waals surface area contributed by atoms with E-state index in [9.17, 15) is 5.11 Å². The fourth-order valence-corrected chi connectivity index (χ4v) is 2.28. The number of rotatable bonds is 2. The molecule has 6 heteroatoms. The summed E-state index contributed by atoms with van der Waals surface area (Å²) in [7, 11) is 0. The Hall–Kier alpha value is -1.000. The first-order valence-electron chi connectivity index (χ1n) is 5.03. The van der Waals surface area contributed by atoms with Gasteiger partial charge in [-0.15, -0.1) is 0 Å². The molecule has 0 saturated heterocycles. The van der Waals surface area contributed by atoms with Gasteiger partial charge in [0.25, 0.3) is 0 Å². The van der Waals surface area contributed by atoms with Gasteiger partial charge in [-0.1, -0.05) is 34.8 Å². The zero-order valence-corrected chi connectivity index (χ0v) is 11.4. The van der Waals surface area contributed by atoms with E-state index in [2.05, 4.69) is 4.98 Å². The molecule has 18 heavy (non-hydrogen) atoms. The first-order chi connectivity index (χ1) is 8.54. The summed E-state index contributed by atoms with van der Waals surface area (Å²) in [6.45, 7) is -0.153. The highest BCUT2D eigenvalue weighted by Gasteiger charge is 2.13. The van der Waals surface area contributed by atoms with Crippen LogP contribution in [0.25, 0.3) is 11.1 Å². The van der Waals surface area contributed by atoms with Gasteiger partial charge in [0, 0.05) is 11.8 Å². The lowest BCUT2D eigenvalue weighted by molar-refractivity contribution is 0.282. The molecule has 0 unspecified atom stereocenters. The lowest BCUT2D eigenvalue weighted by atomic mass is 10.0. The number of anilines is 1. The fourth-order valence-electron chi connectivity index (χ4n) is 1.68. The predicted octanol–water partition coefficient (Wildman–Crippen LogP) is 3.78. The molecule has 0 radical (unpaired) electrons. The average Bonchev–Trinajstić information content (AvgIpc) is 2.35. The monoisotopic (exact) mass is 302 g/mol. The van der Waals surface area contributed by atoms with Crippen LogP contribution in [-0.4, -0.2) is 10.1 Å². The highest BCUT2D eigenvalue weighted by Crippen LogP contribution is 2.37. The number of halogens is 3. The van der Waals surface area contributed by atoms with Crippen molar-refractivity contribution < 1.29 is 5.11 Å². The second-order valence-corrected chi connectivity index (χ2v) is 4.83. The summed E-state index contributed by atoms with van der Waals surface area (Å²) in [5.74, 6) is 0.302. The van der Waals surface area contributed by atoms with E-state index in [1.54, 1.807) is 18.2 Å². The summed E-state index contributed by atoms with van der Waals surface area (Å²) in [6.07, 6.45) is 1.53. The third-order valence-corrected chi connectivity index (χ3v) is 3.71. The number of hydrogen-bond donors (Lipinski definition) is 2. The second-order valence-electron chi connectivity index (χ2n) is 3.64. The maximum absolute atomic E-state index is 9.32. The Morgan fingerprint density at radius 3 is 2.33 bits per heavy atom. The van der Waals surface area contributed by atoms with Crippen LogP contribution in [0.15, 0.2) is 24.4 Å². The average molecular weight is 304 g/mol. The van der Waals surface area contributed by atoms with Crippen molar-refractivity contribution in [2.75, 3.05) is 5.73 Å². The molecule has 0 bridgehead atoms. The van der Waals surface area contributed by atoms with E-state index in [0.29, 0.717) is 32.6 Å². The molecule has 3 nitrogen and oxygen atoms in total. The third kappa shape index (κ3) is 2.40. The summed E-state index contributed by atoms with van der Waals surface area (Å²) in [4.78, 5) is 3.99. The van der Waals surface area contributed by atoms with Crippen molar-refractivity contribution in [3.05, 3.63) is 45.0 Å². The number of nitrogens with zero attached hydrogens (tertiary/aromatic N) is 1. The van der Waals surface area contributed by atoms with Gasteiger partial charge >= 0.3 is 0 Å². The number of nitrogen functional groups attached to an aromatic ring is 1. The molecule has 0 aliphatic carbocycles. The van der Waals surface area contributed by atoms with Crippen LogP contribution >= 0.6 is 34.8 Å². The first-order valence-corrected chi connectivity index (χ1v) is 6.17. The molecule has 0 aliphatic rings. The number of aliphatic hydroxyl groups is 1. The number of benzene rings is 1. The smallest absolute Gasteiger partial charge is 0.131 e. The predicted molar refractivity (Wildman–Crippen MR) is 75.0 cm³/mol. The van der Waals surface area contributed by atoms with Crippen molar-refractivity contribution >= 4 is 40.6 Å². The summed E-state index contributed by atoms with van der Waals surface area (Å²) < 4.78 is 0. The molecule has 0 saturated carbocycles. The number of nitrogens with two attached hydrogens (primary N) is 1. The lowest BCUT2D eigenvalue weighted by Crippen LogP contribution is -1.99. The topological polar surface area (TPSA) is 59.1 Å². The number of hydrogen-bond acceptors (Lipinski definition) is 3. The van der Waals surface area contributed by atoms with Gasteiger partial charge in [0.05, 0.1) is 21.7 Å². The Morgan fingerprint density at radius 2 is 1.78 bits per heavy atom. The van der Waals surface area contributed by atoms with Crippen LogP contribution in [0.5, 0.6) is 0 Å². The molecule has 1 heterocycles. The zero-order chi connectivity index (χ0) is 13.3. The largest absolute Gasteiger partial charge is 0.392 e. The minimum Gasteiger partial charge on any atom is -0.392 e. The standard InChI is InChI=1S/C12H9Cl3N2O/c13-8-3-7(4-9(14)11(8)15)10-6(5-18)1-2-17-12(10)16/h1-4,18H,5H2,(H2,16,17). The molecule has 0 spiro atoms. The number of aliphatic hydroxyl groups excluding tert-OH is 1. The van der Waals surface area contributed by atoms with Crippen molar-refractivity contribution in [2.24, 2.45) is 0 Å². The quantitative estimate of drug-likeness (QED) is 0.830. The van der Waals surface area contributed by atoms with Crippen molar-refractivity contribution in [2.45, 2.75) is 6.61 Å². The number of aromatic nitrogens is 1. The zero-order valence-electron chi connectivity index (χ0n) is 9.12. The van der Waals surface area contributed by atoms with Crippen LogP contribution in [0.2, 0.25) is 15.1 Å². The maximum atomic E-state index is 9.32. The van der Waals surface area contributed by atoms with Gasteiger partial charge in [-0.2, -0.15) is 0 Å². The normalized spacial score (nSPS) is 10.7. The van der Waals surface area contributed by atoms with E-state index < -0.39 is 0 Å². The molecular weight excluding hydrogens is 295 g/mol. The molecule has 2 rings (SSSR count). The van der Waals surface area contributed by atoms with Gasteiger partial charge in [0.1, 0.15) is 5.82 Å². The van der Waals surface area contributed by atoms with E-state index in [1.807, 2.05) is 0 Å². The molecule has 0 fully saturated rings. The van der Waals surface area contributed by atoms with Gasteiger partial charge in [-0.05, 0) is 29.3 Å². The molecule has 0 amide bonds. The van der Waals surface area contributed by atoms with Crippen LogP contribution in [0.3, 0.4) is 0 Å². The van der Waals surface area contributed by atoms with Crippen LogP contribution in [0, 0.1) is 0 Å². The van der Waals surface area contributed by atoms with E-state index >= 15 is 0 Å². The second kappa shape index (κ2) is 5.33. The summed E-state index contributed by atoms with van der Waals surface area (Å²) in [6, 6.07) is 4.96. The molecule has 1 aromatic heterocycles. The van der Waals surface area contributed by atoms with Crippen LogP contribution in [-0.2, 0) is 6.61 Å². The highest BCUT2D eigenvalue weighted by molar-refractivity contribution is 6.48. The highest BCUT2D eigenvalue weighted by atomic mass is 35.5. The Kier molecular flexibility index (Phi) is 3.97. The SMILES string of the molecule is Nc1nccc(CO)c1-c1cc(Cl)c(Cl)c(Cl)c1. The fraction of sp³-hybridized carbons (Fsp3) is 0.0833. The Balaban J connectivity index is 2.69. The molecule has 1 aromatic carbocycles. The van der Waals surface area contributed by atoms with Gasteiger partial charge in [-0.25, -0.2) is 4.98 Å². The van der Waals surface area contributed by atoms with E-state index in [0.717, 1.165) is 0 Å². The Morgan fingerprint density at radius 1 is 1.17 bits per heavy atom. The maximum Gasteiger partial charge on any atom is 0.131 e. The van der Waals surface area contributed by atoms with Crippen LogP contribution in [0.4, 0.5) is 5.82 Å². The van der Waals surface area contributed by atoms with Crippen LogP contribution < -0.4 is 5.73 Å². The first kappa shape index (κ1) is 13.4. The summed E-state index contributed by atoms with van der Waals surface area (Å²) in [5, 5.41) is 10.3. The molecule has 2 aromatic rings. The third-order valence-electron chi connectivity index (χ3n) is 2.51. The minimum absolute atomic E-state index is 0.153. The van der Waals surface area contributed by atoms with Crippen molar-refractivity contribution in [1.29, 1.82) is 0 Å². The van der Waals surface area contributed by atoms with Gasteiger partial charge in [-0.3, -0.25) is 0 Å². The van der Waals surface area contributed by atoms with E-state index in [4.69, 9.17) is 40.5 Å². The van der Waals surface area contributed by atoms with Crippen molar-refractivity contribution in [3.63, 3.8) is 0 Å². The van der Waals surface area contributed by atoms with Gasteiger partial charge in [0.2, 0.25) is 0 Å². The molecule has 94 valence electrons. The summed E-state index contributed by atoms with van der Waals surface area (Å²) >= 11 is 17.8. The van der Waals surface area contributed by atoms with E-state index in [1.165, 1.54) is 6.20 Å². The van der Waals surface area contributed by atoms with Crippen molar-refractivity contribution in [1.82, 2.24) is 4.98 Å². The molecule has 0 aliphatic heterocycles. The lowest BCUT2D eigenvalue weighted by Gasteiger charge is -2.11. The molecule has 3 N–H and O–H groups in total. The molecular formula is C12H9Cl3N2O. The Labute approximate surface area is 119 Å². The van der Waals surface area contributed by atoms with E-state index in [-0.39, 0.29) is 11.6 Å². The van der Waals surface area contributed by atoms with Crippen molar-refractivity contribution in [3.8, 4) is 11.1 Å². The van der Waals surface area contributed by atoms with Gasteiger partial charge in [0.15, 0.2) is 0 Å².